The first-order chi connectivity index (χ1) is 17.0. The van der Waals surface area contributed by atoms with Crippen LogP contribution in [-0.2, 0) is 6.54 Å². The number of hydrogen-bond acceptors (Lipinski definition) is 7. The van der Waals surface area contributed by atoms with Gasteiger partial charge in [0.15, 0.2) is 0 Å². The van der Waals surface area contributed by atoms with E-state index in [4.69, 9.17) is 10.00 Å². The number of aromatic nitrogens is 4. The number of nitriles is 1. The van der Waals surface area contributed by atoms with E-state index >= 15 is 0 Å². The van der Waals surface area contributed by atoms with Crippen molar-refractivity contribution in [1.29, 1.82) is 5.26 Å². The minimum atomic E-state index is 0.310. The number of hydrogen-bond donors (Lipinski definition) is 1. The van der Waals surface area contributed by atoms with Crippen LogP contribution in [0.3, 0.4) is 0 Å². The van der Waals surface area contributed by atoms with Gasteiger partial charge in [0.1, 0.15) is 17.9 Å². The van der Waals surface area contributed by atoms with Crippen LogP contribution in [0.2, 0.25) is 0 Å². The van der Waals surface area contributed by atoms with Gasteiger partial charge in [-0.2, -0.15) is 24.8 Å². The second-order valence-corrected chi connectivity index (χ2v) is 9.29. The van der Waals surface area contributed by atoms with Gasteiger partial charge in [-0.05, 0) is 62.4 Å². The van der Waals surface area contributed by atoms with Crippen LogP contribution in [0.25, 0.3) is 5.78 Å². The molecule has 5 rings (SSSR count). The molecule has 8 heteroatoms. The number of rotatable bonds is 6. The molecule has 0 spiro atoms. The molecule has 35 heavy (non-hydrogen) atoms. The van der Waals surface area contributed by atoms with Gasteiger partial charge in [0.05, 0.1) is 11.6 Å². The molecule has 178 valence electrons. The molecular weight excluding hydrogens is 438 g/mol. The van der Waals surface area contributed by atoms with Gasteiger partial charge >= 0.3 is 0 Å². The molecule has 0 bridgehead atoms. The predicted molar refractivity (Wildman–Crippen MR) is 135 cm³/mol. The predicted octanol–water partition coefficient (Wildman–Crippen LogP) is 4.79. The highest BCUT2D eigenvalue weighted by atomic mass is 16.5. The van der Waals surface area contributed by atoms with Gasteiger partial charge < -0.3 is 10.1 Å². The van der Waals surface area contributed by atoms with Crippen molar-refractivity contribution in [3.8, 4) is 17.7 Å². The number of ether oxygens (including phenoxy) is 1. The molecule has 8 nitrogen and oxygen atoms in total. The zero-order valence-electron chi connectivity index (χ0n) is 20.3. The van der Waals surface area contributed by atoms with E-state index in [9.17, 15) is 0 Å². The van der Waals surface area contributed by atoms with Crippen LogP contribution in [-0.4, -0.2) is 43.6 Å². The fraction of sp³-hybridized carbons (Fsp3) is 0.333. The molecule has 1 aliphatic rings. The SMILES string of the molecule is Cc1cc(C)c(Oc2cc(NC3CCN(Cc4cccc(C#N)c4)CC3)nc3ncnn23)c(C)c1. The molecular formula is C27H29N7O. The third-order valence-corrected chi connectivity index (χ3v) is 6.43. The fourth-order valence-electron chi connectivity index (χ4n) is 4.81. The van der Waals surface area contributed by atoms with Crippen molar-refractivity contribution in [3.05, 3.63) is 76.6 Å². The summed E-state index contributed by atoms with van der Waals surface area (Å²) < 4.78 is 7.97. The molecule has 0 saturated carbocycles. The number of anilines is 1. The number of nitrogens with zero attached hydrogens (tertiary/aromatic N) is 6. The van der Waals surface area contributed by atoms with E-state index in [1.54, 1.807) is 4.52 Å². The molecule has 0 unspecified atom stereocenters. The molecule has 0 aliphatic carbocycles. The third-order valence-electron chi connectivity index (χ3n) is 6.43. The summed E-state index contributed by atoms with van der Waals surface area (Å²) in [4.78, 5) is 11.4. The number of nitrogens with one attached hydrogen (secondary N) is 1. The van der Waals surface area contributed by atoms with Crippen LogP contribution in [0.4, 0.5) is 5.82 Å². The molecule has 1 fully saturated rings. The minimum Gasteiger partial charge on any atom is -0.438 e. The summed E-state index contributed by atoms with van der Waals surface area (Å²) in [5.74, 6) is 2.66. The van der Waals surface area contributed by atoms with E-state index in [1.807, 2.05) is 24.3 Å². The highest BCUT2D eigenvalue weighted by Crippen LogP contribution is 2.31. The maximum absolute atomic E-state index is 9.14. The van der Waals surface area contributed by atoms with Crippen molar-refractivity contribution in [3.63, 3.8) is 0 Å². The van der Waals surface area contributed by atoms with E-state index in [-0.39, 0.29) is 0 Å². The maximum Gasteiger partial charge on any atom is 0.257 e. The Morgan fingerprint density at radius 3 is 2.60 bits per heavy atom. The van der Waals surface area contributed by atoms with Gasteiger partial charge in [-0.25, -0.2) is 0 Å². The Morgan fingerprint density at radius 1 is 1.09 bits per heavy atom. The second-order valence-electron chi connectivity index (χ2n) is 9.29. The lowest BCUT2D eigenvalue weighted by Crippen LogP contribution is -2.38. The van der Waals surface area contributed by atoms with Gasteiger partial charge in [0.2, 0.25) is 5.88 Å². The van der Waals surface area contributed by atoms with Crippen LogP contribution in [0.15, 0.2) is 48.8 Å². The third kappa shape index (κ3) is 5.10. The summed E-state index contributed by atoms with van der Waals surface area (Å²) in [6.45, 7) is 9.01. The summed E-state index contributed by atoms with van der Waals surface area (Å²) >= 11 is 0. The normalized spacial score (nSPS) is 14.7. The van der Waals surface area contributed by atoms with E-state index in [2.05, 4.69) is 70.3 Å². The largest absolute Gasteiger partial charge is 0.438 e. The number of piperidine rings is 1. The van der Waals surface area contributed by atoms with Gasteiger partial charge in [-0.15, -0.1) is 0 Å². The Labute approximate surface area is 205 Å². The molecule has 0 amide bonds. The van der Waals surface area contributed by atoms with Crippen LogP contribution in [0, 0.1) is 32.1 Å². The van der Waals surface area contributed by atoms with E-state index < -0.39 is 0 Å². The molecule has 4 aromatic rings. The first-order valence-electron chi connectivity index (χ1n) is 11.9. The molecule has 1 N–H and O–H groups in total. The molecule has 2 aromatic carbocycles. The average Bonchev–Trinajstić information content (AvgIpc) is 3.31. The van der Waals surface area contributed by atoms with Crippen molar-refractivity contribution in [2.45, 2.75) is 46.2 Å². The minimum absolute atomic E-state index is 0.310. The first-order valence-corrected chi connectivity index (χ1v) is 11.9. The van der Waals surface area contributed by atoms with Crippen LogP contribution in [0.5, 0.6) is 11.6 Å². The maximum atomic E-state index is 9.14. The van der Waals surface area contributed by atoms with Gasteiger partial charge in [0.25, 0.3) is 5.78 Å². The van der Waals surface area contributed by atoms with E-state index in [1.165, 1.54) is 17.5 Å². The van der Waals surface area contributed by atoms with Crippen LogP contribution >= 0.6 is 0 Å². The second kappa shape index (κ2) is 9.72. The van der Waals surface area contributed by atoms with Gasteiger partial charge in [0, 0.05) is 31.7 Å². The number of aryl methyl sites for hydroxylation is 3. The zero-order valence-corrected chi connectivity index (χ0v) is 20.3. The van der Waals surface area contributed by atoms with E-state index in [0.717, 1.165) is 55.2 Å². The fourth-order valence-corrected chi connectivity index (χ4v) is 4.81. The van der Waals surface area contributed by atoms with Crippen molar-refractivity contribution >= 4 is 11.6 Å². The lowest BCUT2D eigenvalue weighted by molar-refractivity contribution is 0.211. The number of fused-ring (bicyclic) bond motifs is 1. The summed E-state index contributed by atoms with van der Waals surface area (Å²) in [5.41, 5.74) is 5.25. The quantitative estimate of drug-likeness (QED) is 0.436. The van der Waals surface area contributed by atoms with Crippen molar-refractivity contribution < 1.29 is 4.74 Å². The lowest BCUT2D eigenvalue weighted by Gasteiger charge is -2.32. The summed E-state index contributed by atoms with van der Waals surface area (Å²) in [7, 11) is 0. The molecule has 0 atom stereocenters. The standard InChI is InChI=1S/C27H29N7O/c1-18-11-19(2)26(20(3)12-18)35-25-14-24(32-27-29-17-30-34(25)27)31-23-7-9-33(10-8-23)16-22-6-4-5-21(13-22)15-28/h4-6,11-14,17,23H,7-10,16H2,1-3H3,(H,29,30,31,32). The molecule has 2 aromatic heterocycles. The van der Waals surface area contributed by atoms with Crippen molar-refractivity contribution in [1.82, 2.24) is 24.5 Å². The van der Waals surface area contributed by atoms with Crippen LogP contribution in [0.1, 0.15) is 40.7 Å². The highest BCUT2D eigenvalue weighted by molar-refractivity contribution is 5.50. The van der Waals surface area contributed by atoms with Gasteiger partial charge in [-0.3, -0.25) is 4.90 Å². The Kier molecular flexibility index (Phi) is 6.34. The Balaban J connectivity index is 1.28. The molecule has 1 aliphatic heterocycles. The number of likely N-dealkylation sites (tertiary alicyclic amines) is 1. The summed E-state index contributed by atoms with van der Waals surface area (Å²) in [6.07, 6.45) is 3.50. The van der Waals surface area contributed by atoms with Crippen molar-refractivity contribution in [2.75, 3.05) is 18.4 Å². The highest BCUT2D eigenvalue weighted by Gasteiger charge is 2.21. The van der Waals surface area contributed by atoms with Gasteiger partial charge in [-0.1, -0.05) is 29.8 Å². The topological polar surface area (TPSA) is 91.4 Å². The monoisotopic (exact) mass is 467 g/mol. The average molecular weight is 468 g/mol. The Morgan fingerprint density at radius 2 is 1.86 bits per heavy atom. The summed E-state index contributed by atoms with van der Waals surface area (Å²) in [5, 5.41) is 17.0. The Hall–Kier alpha value is -3.96. The molecule has 0 radical (unpaired) electrons. The lowest BCUT2D eigenvalue weighted by atomic mass is 10.0. The summed E-state index contributed by atoms with van der Waals surface area (Å²) in [6, 6.07) is 16.5. The van der Waals surface area contributed by atoms with Crippen LogP contribution < -0.4 is 10.1 Å². The van der Waals surface area contributed by atoms with Crippen molar-refractivity contribution in [2.24, 2.45) is 0 Å². The zero-order chi connectivity index (χ0) is 24.4. The first kappa shape index (κ1) is 22.8. The molecule has 3 heterocycles. The van der Waals surface area contributed by atoms with E-state index in [0.29, 0.717) is 23.3 Å². The number of benzene rings is 2. The Bertz CT molecular complexity index is 1370. The smallest absolute Gasteiger partial charge is 0.257 e. The molecule has 1 saturated heterocycles.